The molecule has 4 saturated carbocycles. The van der Waals surface area contributed by atoms with Crippen molar-refractivity contribution in [1.82, 2.24) is 0 Å². The standard InChI is InChI=1S/C20H22O4/c21-11-13-1-3-17(4-2-13)19(23)24-12-18(22)20-8-14-5-15(9-20)7-16(6-14)10-20/h1-4,11,14-16H,5-10,12H2. The first-order valence-corrected chi connectivity index (χ1v) is 8.84. The first-order valence-electron chi connectivity index (χ1n) is 8.84. The molecular weight excluding hydrogens is 304 g/mol. The van der Waals surface area contributed by atoms with E-state index in [0.29, 0.717) is 28.9 Å². The fourth-order valence-corrected chi connectivity index (χ4v) is 5.52. The lowest BCUT2D eigenvalue weighted by atomic mass is 9.48. The van der Waals surface area contributed by atoms with E-state index >= 15 is 0 Å². The number of carbonyl (C=O) groups is 3. The van der Waals surface area contributed by atoms with Crippen molar-refractivity contribution in [1.29, 1.82) is 0 Å². The molecule has 4 nitrogen and oxygen atoms in total. The summed E-state index contributed by atoms with van der Waals surface area (Å²) in [7, 11) is 0. The van der Waals surface area contributed by atoms with Crippen molar-refractivity contribution in [2.45, 2.75) is 38.5 Å². The number of hydrogen-bond acceptors (Lipinski definition) is 4. The summed E-state index contributed by atoms with van der Waals surface area (Å²) in [6.07, 6.45) is 7.56. The molecule has 0 radical (unpaired) electrons. The van der Waals surface area contributed by atoms with Crippen LogP contribution in [0.15, 0.2) is 24.3 Å². The summed E-state index contributed by atoms with van der Waals surface area (Å²) in [4.78, 5) is 35.6. The topological polar surface area (TPSA) is 60.4 Å². The Bertz CT molecular complexity index is 638. The summed E-state index contributed by atoms with van der Waals surface area (Å²) < 4.78 is 5.28. The van der Waals surface area contributed by atoms with E-state index in [1.165, 1.54) is 19.3 Å². The Hall–Kier alpha value is -1.97. The Kier molecular flexibility index (Phi) is 3.78. The van der Waals surface area contributed by atoms with Crippen molar-refractivity contribution in [2.24, 2.45) is 23.2 Å². The maximum Gasteiger partial charge on any atom is 0.338 e. The lowest BCUT2D eigenvalue weighted by molar-refractivity contribution is -0.147. The van der Waals surface area contributed by atoms with Gasteiger partial charge < -0.3 is 4.74 Å². The van der Waals surface area contributed by atoms with Gasteiger partial charge in [0.1, 0.15) is 6.29 Å². The van der Waals surface area contributed by atoms with Crippen molar-refractivity contribution in [2.75, 3.05) is 6.61 Å². The molecule has 1 aromatic rings. The van der Waals surface area contributed by atoms with Gasteiger partial charge in [-0.25, -0.2) is 4.79 Å². The van der Waals surface area contributed by atoms with Gasteiger partial charge in [0, 0.05) is 11.0 Å². The second kappa shape index (κ2) is 5.83. The van der Waals surface area contributed by atoms with Crippen molar-refractivity contribution in [3.63, 3.8) is 0 Å². The zero-order chi connectivity index (χ0) is 16.7. The molecule has 5 rings (SSSR count). The summed E-state index contributed by atoms with van der Waals surface area (Å²) in [5, 5.41) is 0. The van der Waals surface area contributed by atoms with Crippen molar-refractivity contribution in [3.8, 4) is 0 Å². The summed E-state index contributed by atoms with van der Waals surface area (Å²) >= 11 is 0. The molecule has 0 heterocycles. The van der Waals surface area contributed by atoms with Crippen LogP contribution in [0.4, 0.5) is 0 Å². The highest BCUT2D eigenvalue weighted by Gasteiger charge is 2.54. The molecule has 4 aliphatic carbocycles. The number of benzene rings is 1. The maximum absolute atomic E-state index is 12.8. The van der Waals surface area contributed by atoms with Gasteiger partial charge in [-0.1, -0.05) is 12.1 Å². The number of ketones is 1. The zero-order valence-corrected chi connectivity index (χ0v) is 13.7. The first kappa shape index (κ1) is 15.6. The molecule has 0 aromatic heterocycles. The third-order valence-electron chi connectivity index (χ3n) is 6.25. The van der Waals surface area contributed by atoms with Crippen LogP contribution in [0.3, 0.4) is 0 Å². The van der Waals surface area contributed by atoms with E-state index in [2.05, 4.69) is 0 Å². The average Bonchev–Trinajstić information content (AvgIpc) is 2.58. The van der Waals surface area contributed by atoms with Crippen LogP contribution in [0.25, 0.3) is 0 Å². The monoisotopic (exact) mass is 326 g/mol. The van der Waals surface area contributed by atoms with Gasteiger partial charge >= 0.3 is 5.97 Å². The van der Waals surface area contributed by atoms with Crippen LogP contribution in [0, 0.1) is 23.2 Å². The fourth-order valence-electron chi connectivity index (χ4n) is 5.52. The molecule has 4 aliphatic rings. The molecule has 0 spiro atoms. The minimum absolute atomic E-state index is 0.111. The maximum atomic E-state index is 12.8. The molecule has 0 atom stereocenters. The van der Waals surface area contributed by atoms with Crippen LogP contribution in [-0.2, 0) is 9.53 Å². The lowest BCUT2D eigenvalue weighted by Crippen LogP contribution is -2.51. The van der Waals surface area contributed by atoms with Gasteiger partial charge in [-0.15, -0.1) is 0 Å². The molecule has 4 bridgehead atoms. The number of rotatable bonds is 5. The smallest absolute Gasteiger partial charge is 0.338 e. The van der Waals surface area contributed by atoms with E-state index in [1.54, 1.807) is 24.3 Å². The van der Waals surface area contributed by atoms with E-state index < -0.39 is 5.97 Å². The van der Waals surface area contributed by atoms with E-state index in [4.69, 9.17) is 4.74 Å². The van der Waals surface area contributed by atoms with Gasteiger partial charge in [-0.05, 0) is 68.4 Å². The third-order valence-corrected chi connectivity index (χ3v) is 6.25. The molecular formula is C20H22O4. The third kappa shape index (κ3) is 2.68. The number of hydrogen-bond donors (Lipinski definition) is 0. The second-order valence-electron chi connectivity index (χ2n) is 7.94. The predicted molar refractivity (Wildman–Crippen MR) is 87.7 cm³/mol. The molecule has 24 heavy (non-hydrogen) atoms. The van der Waals surface area contributed by atoms with Gasteiger partial charge in [0.2, 0.25) is 0 Å². The van der Waals surface area contributed by atoms with Crippen LogP contribution >= 0.6 is 0 Å². The highest BCUT2D eigenvalue weighted by Crippen LogP contribution is 2.60. The molecule has 0 N–H and O–H groups in total. The second-order valence-corrected chi connectivity index (χ2v) is 7.94. The Morgan fingerprint density at radius 2 is 1.54 bits per heavy atom. The first-order chi connectivity index (χ1) is 11.6. The van der Waals surface area contributed by atoms with Crippen molar-refractivity contribution in [3.05, 3.63) is 35.4 Å². The molecule has 4 fully saturated rings. The van der Waals surface area contributed by atoms with Crippen molar-refractivity contribution >= 4 is 18.0 Å². The minimum Gasteiger partial charge on any atom is -0.454 e. The van der Waals surface area contributed by atoms with Crippen LogP contribution < -0.4 is 0 Å². The van der Waals surface area contributed by atoms with Gasteiger partial charge in [-0.3, -0.25) is 9.59 Å². The van der Waals surface area contributed by atoms with Crippen LogP contribution in [0.1, 0.15) is 59.2 Å². The van der Waals surface area contributed by atoms with Crippen molar-refractivity contribution < 1.29 is 19.1 Å². The lowest BCUT2D eigenvalue weighted by Gasteiger charge is -2.55. The van der Waals surface area contributed by atoms with E-state index in [9.17, 15) is 14.4 Å². The molecule has 1 aromatic carbocycles. The quantitative estimate of drug-likeness (QED) is 0.614. The molecule has 0 aliphatic heterocycles. The summed E-state index contributed by atoms with van der Waals surface area (Å²) in [6.45, 7) is -0.125. The summed E-state index contributed by atoms with van der Waals surface area (Å²) in [5.41, 5.74) is 0.659. The number of Topliss-reactive ketones (excluding diaryl/α,β-unsaturated/α-hetero) is 1. The van der Waals surface area contributed by atoms with Crippen LogP contribution in [0.5, 0.6) is 0 Å². The highest BCUT2D eigenvalue weighted by atomic mass is 16.5. The van der Waals surface area contributed by atoms with Gasteiger partial charge in [0.25, 0.3) is 0 Å². The predicted octanol–water partition coefficient (Wildman–Crippen LogP) is 3.44. The Morgan fingerprint density at radius 3 is 2.04 bits per heavy atom. The van der Waals surface area contributed by atoms with E-state index in [0.717, 1.165) is 25.5 Å². The Balaban J connectivity index is 1.39. The largest absolute Gasteiger partial charge is 0.454 e. The zero-order valence-electron chi connectivity index (χ0n) is 13.7. The van der Waals surface area contributed by atoms with Crippen LogP contribution in [0.2, 0.25) is 0 Å². The molecule has 126 valence electrons. The molecule has 4 heteroatoms. The Morgan fingerprint density at radius 1 is 1.00 bits per heavy atom. The highest BCUT2D eigenvalue weighted by molar-refractivity contribution is 5.93. The minimum atomic E-state index is -0.495. The summed E-state index contributed by atoms with van der Waals surface area (Å²) in [6, 6.07) is 6.26. The fraction of sp³-hybridized carbons (Fsp3) is 0.550. The Labute approximate surface area is 141 Å². The average molecular weight is 326 g/mol. The number of esters is 1. The molecule has 0 amide bonds. The normalized spacial score (nSPS) is 33.2. The number of carbonyl (C=O) groups excluding carboxylic acids is 3. The molecule has 0 unspecified atom stereocenters. The number of aldehydes is 1. The van der Waals surface area contributed by atoms with Crippen LogP contribution in [-0.4, -0.2) is 24.6 Å². The summed E-state index contributed by atoms with van der Waals surface area (Å²) in [5.74, 6) is 1.72. The SMILES string of the molecule is O=Cc1ccc(C(=O)OCC(=O)C23CC4CC(CC(C4)C2)C3)cc1. The van der Waals surface area contributed by atoms with Gasteiger partial charge in [0.05, 0.1) is 5.56 Å². The van der Waals surface area contributed by atoms with E-state index in [1.807, 2.05) is 0 Å². The number of ether oxygens (including phenoxy) is 1. The van der Waals surface area contributed by atoms with E-state index in [-0.39, 0.29) is 17.8 Å². The van der Waals surface area contributed by atoms with Gasteiger partial charge in [-0.2, -0.15) is 0 Å². The molecule has 0 saturated heterocycles. The van der Waals surface area contributed by atoms with Gasteiger partial charge in [0.15, 0.2) is 12.4 Å².